The van der Waals surface area contributed by atoms with E-state index in [4.69, 9.17) is 31.2 Å². The molecule has 0 aliphatic heterocycles. The lowest BCUT2D eigenvalue weighted by molar-refractivity contribution is 0.0943. The van der Waals surface area contributed by atoms with Crippen molar-refractivity contribution in [3.05, 3.63) is 64.3 Å². The molecule has 9 heteroatoms. The quantitative estimate of drug-likeness (QED) is 0.582. The first-order valence-corrected chi connectivity index (χ1v) is 9.43. The molecule has 0 saturated heterocycles. The van der Waals surface area contributed by atoms with Crippen molar-refractivity contribution in [3.8, 4) is 23.0 Å². The van der Waals surface area contributed by atoms with E-state index in [2.05, 4.69) is 10.3 Å². The SMILES string of the molecule is COc1ccc(-c2nc(C(=O)NCc3c(F)cccc3Cl)c([C@H](C)N)o2)cc1OC. The molecule has 0 unspecified atom stereocenters. The Hall–Kier alpha value is -3.10. The molecule has 0 saturated carbocycles. The molecule has 0 bridgehead atoms. The Bertz CT molecular complexity index is 1050. The Labute approximate surface area is 177 Å². The number of nitrogens with zero attached hydrogens (tertiary/aromatic N) is 1. The van der Waals surface area contributed by atoms with Crippen LogP contribution in [0.3, 0.4) is 0 Å². The zero-order valence-electron chi connectivity index (χ0n) is 16.7. The van der Waals surface area contributed by atoms with E-state index in [-0.39, 0.29) is 34.5 Å². The largest absolute Gasteiger partial charge is 0.493 e. The van der Waals surface area contributed by atoms with E-state index in [1.165, 1.54) is 26.4 Å². The van der Waals surface area contributed by atoms with Gasteiger partial charge in [0.1, 0.15) is 5.82 Å². The lowest BCUT2D eigenvalue weighted by Crippen LogP contribution is -2.26. The van der Waals surface area contributed by atoms with Crippen LogP contribution in [0.5, 0.6) is 11.5 Å². The number of aromatic nitrogens is 1. The van der Waals surface area contributed by atoms with Crippen molar-refractivity contribution in [1.82, 2.24) is 10.3 Å². The molecule has 1 amide bonds. The molecule has 3 aromatic rings. The fourth-order valence-corrected chi connectivity index (χ4v) is 3.08. The Morgan fingerprint density at radius 2 is 2.00 bits per heavy atom. The lowest BCUT2D eigenvalue weighted by Gasteiger charge is -2.08. The van der Waals surface area contributed by atoms with Gasteiger partial charge in [0.25, 0.3) is 5.91 Å². The summed E-state index contributed by atoms with van der Waals surface area (Å²) in [6.07, 6.45) is 0. The average Bonchev–Trinajstić information content (AvgIpc) is 3.18. The summed E-state index contributed by atoms with van der Waals surface area (Å²) in [5.74, 6) is 0.350. The third-order valence-electron chi connectivity index (χ3n) is 4.40. The molecule has 3 N–H and O–H groups in total. The summed E-state index contributed by atoms with van der Waals surface area (Å²) < 4.78 is 30.2. The highest BCUT2D eigenvalue weighted by Gasteiger charge is 2.24. The van der Waals surface area contributed by atoms with Gasteiger partial charge in [-0.2, -0.15) is 0 Å². The number of hydrogen-bond donors (Lipinski definition) is 2. The second kappa shape index (κ2) is 9.15. The van der Waals surface area contributed by atoms with Crippen LogP contribution in [-0.4, -0.2) is 25.1 Å². The Morgan fingerprint density at radius 1 is 1.27 bits per heavy atom. The first-order chi connectivity index (χ1) is 14.3. The van der Waals surface area contributed by atoms with Crippen LogP contribution in [-0.2, 0) is 6.54 Å². The van der Waals surface area contributed by atoms with Gasteiger partial charge in [-0.1, -0.05) is 17.7 Å². The highest BCUT2D eigenvalue weighted by atomic mass is 35.5. The van der Waals surface area contributed by atoms with Gasteiger partial charge in [-0.05, 0) is 37.3 Å². The van der Waals surface area contributed by atoms with Gasteiger partial charge in [0.15, 0.2) is 23.0 Å². The number of amides is 1. The van der Waals surface area contributed by atoms with E-state index >= 15 is 0 Å². The number of rotatable bonds is 7. The Morgan fingerprint density at radius 3 is 2.63 bits per heavy atom. The van der Waals surface area contributed by atoms with Crippen LogP contribution in [0, 0.1) is 5.82 Å². The van der Waals surface area contributed by atoms with E-state index in [0.29, 0.717) is 17.1 Å². The fourth-order valence-electron chi connectivity index (χ4n) is 2.85. The molecule has 0 fully saturated rings. The van der Waals surface area contributed by atoms with Crippen LogP contribution in [0.4, 0.5) is 4.39 Å². The number of nitrogens with two attached hydrogens (primary N) is 1. The molecular weight excluding hydrogens is 413 g/mol. The van der Waals surface area contributed by atoms with Gasteiger partial charge in [-0.15, -0.1) is 0 Å². The third kappa shape index (κ3) is 4.39. The van der Waals surface area contributed by atoms with E-state index in [1.807, 2.05) is 0 Å². The number of halogens is 2. The van der Waals surface area contributed by atoms with Crippen molar-refractivity contribution >= 4 is 17.5 Å². The summed E-state index contributed by atoms with van der Waals surface area (Å²) in [5.41, 5.74) is 6.73. The topological polar surface area (TPSA) is 99.6 Å². The zero-order valence-corrected chi connectivity index (χ0v) is 17.4. The molecule has 1 aromatic heterocycles. The number of ether oxygens (including phenoxy) is 2. The van der Waals surface area contributed by atoms with E-state index in [1.54, 1.807) is 31.2 Å². The van der Waals surface area contributed by atoms with E-state index in [9.17, 15) is 9.18 Å². The molecular formula is C21H21ClFN3O4. The normalized spacial score (nSPS) is 11.8. The van der Waals surface area contributed by atoms with Crippen molar-refractivity contribution in [3.63, 3.8) is 0 Å². The highest BCUT2D eigenvalue weighted by Crippen LogP contribution is 2.33. The van der Waals surface area contributed by atoms with Crippen LogP contribution in [0.1, 0.15) is 34.8 Å². The minimum absolute atomic E-state index is 0.0160. The number of hydrogen-bond acceptors (Lipinski definition) is 6. The van der Waals surface area contributed by atoms with Gasteiger partial charge in [0.05, 0.1) is 20.3 Å². The van der Waals surface area contributed by atoms with Crippen molar-refractivity contribution in [2.24, 2.45) is 5.73 Å². The maximum absolute atomic E-state index is 14.0. The molecule has 158 valence electrons. The van der Waals surface area contributed by atoms with Gasteiger partial charge >= 0.3 is 0 Å². The first kappa shape index (κ1) is 21.6. The number of carbonyl (C=O) groups is 1. The first-order valence-electron chi connectivity index (χ1n) is 9.05. The van der Waals surface area contributed by atoms with Crippen LogP contribution in [0.25, 0.3) is 11.5 Å². The van der Waals surface area contributed by atoms with Gasteiger partial charge in [0.2, 0.25) is 5.89 Å². The number of oxazole rings is 1. The van der Waals surface area contributed by atoms with Crippen molar-refractivity contribution in [2.45, 2.75) is 19.5 Å². The minimum Gasteiger partial charge on any atom is -0.493 e. The van der Waals surface area contributed by atoms with Crippen LogP contribution >= 0.6 is 11.6 Å². The summed E-state index contributed by atoms with van der Waals surface area (Å²) in [6, 6.07) is 8.81. The van der Waals surface area contributed by atoms with Crippen molar-refractivity contribution < 1.29 is 23.1 Å². The molecule has 0 aliphatic carbocycles. The zero-order chi connectivity index (χ0) is 21.8. The van der Waals surface area contributed by atoms with E-state index in [0.717, 1.165) is 0 Å². The number of carbonyl (C=O) groups excluding carboxylic acids is 1. The highest BCUT2D eigenvalue weighted by molar-refractivity contribution is 6.31. The van der Waals surface area contributed by atoms with Gasteiger partial charge in [-0.25, -0.2) is 9.37 Å². The monoisotopic (exact) mass is 433 g/mol. The Kier molecular flexibility index (Phi) is 6.59. The molecule has 0 radical (unpaired) electrons. The predicted molar refractivity (Wildman–Crippen MR) is 110 cm³/mol. The summed E-state index contributed by atoms with van der Waals surface area (Å²) in [4.78, 5) is 17.0. The molecule has 0 spiro atoms. The number of benzene rings is 2. The average molecular weight is 434 g/mol. The van der Waals surface area contributed by atoms with Gasteiger partial charge < -0.3 is 24.9 Å². The van der Waals surface area contributed by atoms with Gasteiger partial charge in [0, 0.05) is 22.7 Å². The molecule has 30 heavy (non-hydrogen) atoms. The summed E-state index contributed by atoms with van der Waals surface area (Å²) >= 11 is 6.01. The van der Waals surface area contributed by atoms with Crippen LogP contribution in [0.15, 0.2) is 40.8 Å². The fraction of sp³-hybridized carbons (Fsp3) is 0.238. The van der Waals surface area contributed by atoms with E-state index < -0.39 is 17.8 Å². The van der Waals surface area contributed by atoms with Crippen LogP contribution in [0.2, 0.25) is 5.02 Å². The number of methoxy groups -OCH3 is 2. The number of nitrogens with one attached hydrogen (secondary N) is 1. The van der Waals surface area contributed by atoms with Crippen LogP contribution < -0.4 is 20.5 Å². The lowest BCUT2D eigenvalue weighted by atomic mass is 10.2. The summed E-state index contributed by atoms with van der Waals surface area (Å²) in [7, 11) is 3.04. The van der Waals surface area contributed by atoms with Crippen molar-refractivity contribution in [2.75, 3.05) is 14.2 Å². The van der Waals surface area contributed by atoms with Gasteiger partial charge in [-0.3, -0.25) is 4.79 Å². The second-order valence-corrected chi connectivity index (χ2v) is 6.88. The van der Waals surface area contributed by atoms with Crippen molar-refractivity contribution in [1.29, 1.82) is 0 Å². The summed E-state index contributed by atoms with van der Waals surface area (Å²) in [5, 5.41) is 2.83. The third-order valence-corrected chi connectivity index (χ3v) is 4.75. The smallest absolute Gasteiger partial charge is 0.273 e. The summed E-state index contributed by atoms with van der Waals surface area (Å²) in [6.45, 7) is 1.56. The maximum Gasteiger partial charge on any atom is 0.273 e. The molecule has 2 aromatic carbocycles. The molecule has 1 atom stereocenters. The molecule has 0 aliphatic rings. The minimum atomic E-state index is -0.593. The standard InChI is InChI=1S/C21H21ClFN3O4/c1-11(24)19-18(20(27)25-10-13-14(22)5-4-6-15(13)23)26-21(30-19)12-7-8-16(28-2)17(9-12)29-3/h4-9,11H,10,24H2,1-3H3,(H,25,27)/t11-/m0/s1. The molecule has 7 nitrogen and oxygen atoms in total. The molecule has 1 heterocycles. The molecule has 3 rings (SSSR count). The Balaban J connectivity index is 1.90. The second-order valence-electron chi connectivity index (χ2n) is 6.47. The predicted octanol–water partition coefficient (Wildman–Crippen LogP) is 4.10. The maximum atomic E-state index is 14.0.